The summed E-state index contributed by atoms with van der Waals surface area (Å²) in [5, 5.41) is 22.7. The van der Waals surface area contributed by atoms with Crippen LogP contribution in [0.25, 0.3) is 21.9 Å². The number of pyridine rings is 1. The Labute approximate surface area is 269 Å². The van der Waals surface area contributed by atoms with Crippen LogP contribution in [0.4, 0.5) is 4.39 Å². The van der Waals surface area contributed by atoms with Crippen LogP contribution in [0.2, 0.25) is 0 Å². The van der Waals surface area contributed by atoms with Crippen LogP contribution in [0, 0.1) is 18.7 Å². The van der Waals surface area contributed by atoms with Gasteiger partial charge in [0.05, 0.1) is 39.5 Å². The second-order valence-corrected chi connectivity index (χ2v) is 13.0. The summed E-state index contributed by atoms with van der Waals surface area (Å²) in [5.41, 5.74) is 10.7. The smallest absolute Gasteiger partial charge is 0.261 e. The van der Waals surface area contributed by atoms with Crippen molar-refractivity contribution in [2.24, 2.45) is 11.7 Å². The summed E-state index contributed by atoms with van der Waals surface area (Å²) in [6.07, 6.45) is 1.08. The van der Waals surface area contributed by atoms with Gasteiger partial charge < -0.3 is 20.6 Å². The van der Waals surface area contributed by atoms with Gasteiger partial charge in [-0.1, -0.05) is 50.2 Å². The van der Waals surface area contributed by atoms with Gasteiger partial charge in [-0.2, -0.15) is 0 Å². The van der Waals surface area contributed by atoms with Crippen molar-refractivity contribution in [2.75, 3.05) is 0 Å². The molecule has 2 aromatic carbocycles. The average Bonchev–Trinajstić information content (AvgIpc) is 3.77. The molecule has 0 saturated heterocycles. The molecule has 9 nitrogen and oxygen atoms in total. The van der Waals surface area contributed by atoms with Crippen molar-refractivity contribution in [1.82, 2.24) is 20.5 Å². The number of hydrogen-bond acceptors (Lipinski definition) is 8. The largest absolute Gasteiger partial charge is 0.421 e. The van der Waals surface area contributed by atoms with Crippen molar-refractivity contribution in [2.45, 2.75) is 58.6 Å². The first-order valence-electron chi connectivity index (χ1n) is 15.2. The topological polar surface area (TPSA) is 144 Å². The molecule has 2 atom stereocenters. The summed E-state index contributed by atoms with van der Waals surface area (Å²) in [6, 6.07) is 17.1. The van der Waals surface area contributed by atoms with E-state index in [1.54, 1.807) is 19.1 Å². The van der Waals surface area contributed by atoms with Crippen LogP contribution in [0.5, 0.6) is 0 Å². The van der Waals surface area contributed by atoms with Gasteiger partial charge in [0.15, 0.2) is 0 Å². The maximum Gasteiger partial charge on any atom is 0.261 e. The SMILES string of the molecule is Cc1nnc(-c2c(C[C@H](O)c3ccc(F)cc3)nc(CC(C)C)c(C(N)=O)c2-c2ccc(C(=O)N[C@@H]3CCc4ccccc43)s2)o1. The van der Waals surface area contributed by atoms with E-state index in [0.29, 0.717) is 50.1 Å². The first-order valence-corrected chi connectivity index (χ1v) is 16.0. The van der Waals surface area contributed by atoms with Crippen LogP contribution >= 0.6 is 11.3 Å². The van der Waals surface area contributed by atoms with E-state index in [1.807, 2.05) is 32.0 Å². The van der Waals surface area contributed by atoms with Crippen LogP contribution < -0.4 is 11.1 Å². The number of benzene rings is 2. The average molecular weight is 640 g/mol. The minimum atomic E-state index is -1.06. The molecule has 236 valence electrons. The highest BCUT2D eigenvalue weighted by Gasteiger charge is 2.31. The van der Waals surface area contributed by atoms with Crippen LogP contribution in [-0.4, -0.2) is 32.1 Å². The fourth-order valence-electron chi connectivity index (χ4n) is 6.03. The lowest BCUT2D eigenvalue weighted by Gasteiger charge is -2.20. The molecule has 3 heterocycles. The molecule has 3 aromatic heterocycles. The van der Waals surface area contributed by atoms with Gasteiger partial charge in [0.25, 0.3) is 11.8 Å². The summed E-state index contributed by atoms with van der Waals surface area (Å²) in [4.78, 5) is 32.7. The van der Waals surface area contributed by atoms with Gasteiger partial charge in [0, 0.05) is 23.8 Å². The number of rotatable bonds is 10. The molecule has 5 aromatic rings. The van der Waals surface area contributed by atoms with Crippen LogP contribution in [0.15, 0.2) is 65.1 Å². The van der Waals surface area contributed by atoms with E-state index in [9.17, 15) is 19.1 Å². The molecule has 0 bridgehead atoms. The molecule has 0 fully saturated rings. The number of halogens is 1. The second-order valence-electron chi connectivity index (χ2n) is 11.9. The van der Waals surface area contributed by atoms with E-state index in [0.717, 1.165) is 18.4 Å². The zero-order chi connectivity index (χ0) is 32.5. The molecule has 1 aliphatic carbocycles. The molecule has 6 rings (SSSR count). The summed E-state index contributed by atoms with van der Waals surface area (Å²) < 4.78 is 19.5. The van der Waals surface area contributed by atoms with Gasteiger partial charge in [-0.15, -0.1) is 21.5 Å². The third-order valence-corrected chi connectivity index (χ3v) is 9.19. The third kappa shape index (κ3) is 6.33. The van der Waals surface area contributed by atoms with E-state index in [1.165, 1.54) is 41.2 Å². The maximum atomic E-state index is 13.6. The number of aryl methyl sites for hydroxylation is 2. The predicted molar refractivity (Wildman–Crippen MR) is 173 cm³/mol. The molecule has 0 radical (unpaired) electrons. The van der Waals surface area contributed by atoms with Crippen molar-refractivity contribution in [3.63, 3.8) is 0 Å². The van der Waals surface area contributed by atoms with E-state index in [-0.39, 0.29) is 35.7 Å². The normalized spacial score (nSPS) is 14.8. The highest BCUT2D eigenvalue weighted by Crippen LogP contribution is 2.42. The molecular weight excluding hydrogens is 605 g/mol. The van der Waals surface area contributed by atoms with Gasteiger partial charge in [-0.3, -0.25) is 14.6 Å². The quantitative estimate of drug-likeness (QED) is 0.163. The number of fused-ring (bicyclic) bond motifs is 1. The first-order chi connectivity index (χ1) is 22.1. The standard InChI is InChI=1S/C35H34FN5O4S/c1-18(2)16-25-30(33(37)43)32(28-14-15-29(46-28)34(44)39-24-13-10-20-6-4-5-7-23(20)24)31(35-41-40-19(3)45-35)26(38-25)17-27(42)21-8-11-22(36)12-9-21/h4-9,11-12,14-15,18,24,27,42H,10,13,16-17H2,1-3H3,(H2,37,43)(H,39,44)/t24-,27+/m1/s1. The lowest BCUT2D eigenvalue weighted by molar-refractivity contribution is 0.0939. The van der Waals surface area contributed by atoms with Gasteiger partial charge in [-0.05, 0) is 66.1 Å². The van der Waals surface area contributed by atoms with Crippen LogP contribution in [0.1, 0.15) is 86.4 Å². The molecule has 1 aliphatic rings. The fourth-order valence-corrected chi connectivity index (χ4v) is 6.99. The first kappa shape index (κ1) is 31.3. The Morgan fingerprint density at radius 2 is 1.80 bits per heavy atom. The molecule has 11 heteroatoms. The third-order valence-electron chi connectivity index (χ3n) is 8.09. The fraction of sp³-hybridized carbons (Fsp3) is 0.286. The number of hydrogen-bond donors (Lipinski definition) is 3. The minimum Gasteiger partial charge on any atom is -0.421 e. The Kier molecular flexibility index (Phi) is 8.79. The number of thiophene rings is 1. The number of nitrogens with two attached hydrogens (primary N) is 1. The number of amides is 2. The molecule has 0 aliphatic heterocycles. The van der Waals surface area contributed by atoms with E-state index in [4.69, 9.17) is 15.1 Å². The molecular formula is C35H34FN5O4S. The maximum absolute atomic E-state index is 13.6. The summed E-state index contributed by atoms with van der Waals surface area (Å²) in [7, 11) is 0. The Morgan fingerprint density at radius 3 is 2.50 bits per heavy atom. The number of nitrogens with zero attached hydrogens (tertiary/aromatic N) is 3. The summed E-state index contributed by atoms with van der Waals surface area (Å²) >= 11 is 1.22. The molecule has 0 spiro atoms. The minimum absolute atomic E-state index is 0.000657. The Morgan fingerprint density at radius 1 is 1.04 bits per heavy atom. The highest BCUT2D eigenvalue weighted by molar-refractivity contribution is 7.17. The zero-order valence-electron chi connectivity index (χ0n) is 25.7. The Balaban J connectivity index is 1.48. The number of carbonyl (C=O) groups is 2. The number of nitrogens with one attached hydrogen (secondary N) is 1. The number of carbonyl (C=O) groups excluding carboxylic acids is 2. The van der Waals surface area contributed by atoms with E-state index < -0.39 is 17.8 Å². The lowest BCUT2D eigenvalue weighted by Crippen LogP contribution is -2.26. The number of primary amides is 1. The number of aliphatic hydroxyl groups is 1. The zero-order valence-corrected chi connectivity index (χ0v) is 26.5. The predicted octanol–water partition coefficient (Wildman–Crippen LogP) is 6.30. The second kappa shape index (κ2) is 12.9. The van der Waals surface area contributed by atoms with Crippen molar-refractivity contribution < 1.29 is 23.5 Å². The molecule has 0 saturated carbocycles. The van der Waals surface area contributed by atoms with E-state index in [2.05, 4.69) is 21.6 Å². The molecule has 0 unspecified atom stereocenters. The van der Waals surface area contributed by atoms with Gasteiger partial charge in [-0.25, -0.2) is 4.39 Å². The van der Waals surface area contributed by atoms with Crippen molar-refractivity contribution in [3.05, 3.63) is 111 Å². The monoisotopic (exact) mass is 639 g/mol. The lowest BCUT2D eigenvalue weighted by atomic mass is 9.90. The summed E-state index contributed by atoms with van der Waals surface area (Å²) in [6.45, 7) is 5.65. The van der Waals surface area contributed by atoms with Gasteiger partial charge >= 0.3 is 0 Å². The Bertz CT molecular complexity index is 1920. The van der Waals surface area contributed by atoms with Crippen molar-refractivity contribution in [1.29, 1.82) is 0 Å². The van der Waals surface area contributed by atoms with Gasteiger partial charge in [0.2, 0.25) is 11.8 Å². The number of aromatic nitrogens is 3. The Hall–Kier alpha value is -4.74. The van der Waals surface area contributed by atoms with Gasteiger partial charge in [0.1, 0.15) is 5.82 Å². The van der Waals surface area contributed by atoms with Crippen molar-refractivity contribution >= 4 is 23.2 Å². The van der Waals surface area contributed by atoms with Crippen molar-refractivity contribution in [3.8, 4) is 21.9 Å². The van der Waals surface area contributed by atoms with Crippen LogP contribution in [0.3, 0.4) is 0 Å². The number of aliphatic hydroxyl groups excluding tert-OH is 1. The van der Waals surface area contributed by atoms with Crippen LogP contribution in [-0.2, 0) is 19.3 Å². The summed E-state index contributed by atoms with van der Waals surface area (Å²) in [5.74, 6) is -0.829. The molecule has 2 amide bonds. The molecule has 4 N–H and O–H groups in total. The molecule has 46 heavy (non-hydrogen) atoms. The van der Waals surface area contributed by atoms with E-state index >= 15 is 0 Å². The highest BCUT2D eigenvalue weighted by atomic mass is 32.1.